The highest BCUT2D eigenvalue weighted by atomic mass is 16.2. The highest BCUT2D eigenvalue weighted by Gasteiger charge is 2.39. The molecular weight excluding hydrogens is 324 g/mol. The van der Waals surface area contributed by atoms with Crippen LogP contribution in [0.4, 0.5) is 0 Å². The lowest BCUT2D eigenvalue weighted by atomic mass is 9.84. The number of amides is 2. The minimum absolute atomic E-state index is 0.00163. The first kappa shape index (κ1) is 18.2. The molecule has 1 aliphatic heterocycles. The van der Waals surface area contributed by atoms with E-state index in [1.807, 2.05) is 53.4 Å². The van der Waals surface area contributed by atoms with Crippen molar-refractivity contribution in [3.05, 3.63) is 71.8 Å². The van der Waals surface area contributed by atoms with Crippen LogP contribution in [0.25, 0.3) is 0 Å². The van der Waals surface area contributed by atoms with Gasteiger partial charge in [0.25, 0.3) is 0 Å². The van der Waals surface area contributed by atoms with Crippen LogP contribution in [0.2, 0.25) is 0 Å². The van der Waals surface area contributed by atoms with Crippen molar-refractivity contribution in [3.8, 4) is 0 Å². The first-order valence-corrected chi connectivity index (χ1v) is 9.20. The Labute approximate surface area is 155 Å². The largest absolute Gasteiger partial charge is 0.338 e. The van der Waals surface area contributed by atoms with E-state index in [1.54, 1.807) is 11.8 Å². The molecule has 0 unspecified atom stereocenters. The minimum Gasteiger partial charge on any atom is -0.338 e. The Kier molecular flexibility index (Phi) is 5.71. The Morgan fingerprint density at radius 1 is 1.04 bits per heavy atom. The molecule has 2 aromatic carbocycles. The van der Waals surface area contributed by atoms with E-state index in [0.717, 1.165) is 12.1 Å². The fraction of sp³-hybridized carbons (Fsp3) is 0.364. The molecule has 0 aliphatic carbocycles. The lowest BCUT2D eigenvalue weighted by Crippen LogP contribution is -2.52. The van der Waals surface area contributed by atoms with Gasteiger partial charge in [-0.05, 0) is 17.0 Å². The Hall–Kier alpha value is -2.62. The quantitative estimate of drug-likeness (QED) is 0.798. The summed E-state index contributed by atoms with van der Waals surface area (Å²) < 4.78 is 0. The Bertz CT molecular complexity index is 745. The van der Waals surface area contributed by atoms with E-state index in [2.05, 4.69) is 19.1 Å². The number of likely N-dealkylation sites (tertiary alicyclic amines) is 1. The van der Waals surface area contributed by atoms with Crippen molar-refractivity contribution < 1.29 is 9.59 Å². The van der Waals surface area contributed by atoms with Crippen molar-refractivity contribution in [3.63, 3.8) is 0 Å². The van der Waals surface area contributed by atoms with Crippen LogP contribution in [0.15, 0.2) is 60.7 Å². The monoisotopic (exact) mass is 350 g/mol. The van der Waals surface area contributed by atoms with Gasteiger partial charge in [-0.1, -0.05) is 67.6 Å². The predicted molar refractivity (Wildman–Crippen MR) is 102 cm³/mol. The van der Waals surface area contributed by atoms with Crippen LogP contribution in [0, 0.1) is 5.92 Å². The molecule has 0 radical (unpaired) electrons. The third-order valence-electron chi connectivity index (χ3n) is 5.08. The molecule has 2 amide bonds. The van der Waals surface area contributed by atoms with Gasteiger partial charge in [-0.25, -0.2) is 0 Å². The molecule has 0 N–H and O–H groups in total. The van der Waals surface area contributed by atoms with Gasteiger partial charge in [0.05, 0.1) is 6.04 Å². The Morgan fingerprint density at radius 2 is 1.65 bits per heavy atom. The second-order valence-corrected chi connectivity index (χ2v) is 7.06. The Balaban J connectivity index is 1.59. The van der Waals surface area contributed by atoms with Crippen molar-refractivity contribution in [2.24, 2.45) is 5.92 Å². The highest BCUT2D eigenvalue weighted by Crippen LogP contribution is 2.38. The maximum absolute atomic E-state index is 12.7. The van der Waals surface area contributed by atoms with E-state index in [4.69, 9.17) is 0 Å². The summed E-state index contributed by atoms with van der Waals surface area (Å²) in [6.45, 7) is 5.53. The average molecular weight is 350 g/mol. The second-order valence-electron chi connectivity index (χ2n) is 7.06. The van der Waals surface area contributed by atoms with E-state index >= 15 is 0 Å². The van der Waals surface area contributed by atoms with Gasteiger partial charge in [0.1, 0.15) is 0 Å². The molecule has 1 heterocycles. The number of carbonyl (C=O) groups is 2. The number of benzene rings is 2. The first-order chi connectivity index (χ1) is 12.6. The summed E-state index contributed by atoms with van der Waals surface area (Å²) in [4.78, 5) is 28.4. The molecule has 136 valence electrons. The summed E-state index contributed by atoms with van der Waals surface area (Å²) in [6, 6.07) is 20.2. The van der Waals surface area contributed by atoms with E-state index in [0.29, 0.717) is 25.4 Å². The molecule has 0 bridgehead atoms. The molecule has 1 fully saturated rings. The molecular formula is C22H26N2O2. The van der Waals surface area contributed by atoms with Crippen molar-refractivity contribution in [1.29, 1.82) is 0 Å². The molecule has 3 rings (SSSR count). The molecule has 26 heavy (non-hydrogen) atoms. The van der Waals surface area contributed by atoms with Crippen LogP contribution in [-0.4, -0.2) is 34.7 Å². The summed E-state index contributed by atoms with van der Waals surface area (Å²) in [5.74, 6) is 0.587. The zero-order valence-corrected chi connectivity index (χ0v) is 15.5. The minimum atomic E-state index is -0.00163. The van der Waals surface area contributed by atoms with Crippen LogP contribution < -0.4 is 0 Å². The van der Waals surface area contributed by atoms with Gasteiger partial charge >= 0.3 is 0 Å². The highest BCUT2D eigenvalue weighted by molar-refractivity contribution is 5.79. The molecule has 4 nitrogen and oxygen atoms in total. The zero-order valence-electron chi connectivity index (χ0n) is 15.5. The number of rotatable bonds is 6. The van der Waals surface area contributed by atoms with Crippen LogP contribution in [-0.2, 0) is 16.1 Å². The van der Waals surface area contributed by atoms with E-state index in [9.17, 15) is 9.59 Å². The van der Waals surface area contributed by atoms with Gasteiger partial charge in [0.15, 0.2) is 0 Å². The lowest BCUT2D eigenvalue weighted by molar-refractivity contribution is -0.144. The maximum atomic E-state index is 12.7. The third kappa shape index (κ3) is 4.13. The van der Waals surface area contributed by atoms with Crippen molar-refractivity contribution in [2.75, 3.05) is 13.1 Å². The number of hydrogen-bond donors (Lipinski definition) is 0. The van der Waals surface area contributed by atoms with Crippen LogP contribution in [0.3, 0.4) is 0 Å². The fourth-order valence-corrected chi connectivity index (χ4v) is 3.63. The van der Waals surface area contributed by atoms with Gasteiger partial charge < -0.3 is 9.80 Å². The van der Waals surface area contributed by atoms with E-state index in [1.165, 1.54) is 5.56 Å². The topological polar surface area (TPSA) is 40.6 Å². The van der Waals surface area contributed by atoms with Gasteiger partial charge in [-0.15, -0.1) is 0 Å². The molecule has 1 saturated heterocycles. The summed E-state index contributed by atoms with van der Waals surface area (Å²) in [5.41, 5.74) is 2.27. The van der Waals surface area contributed by atoms with Crippen molar-refractivity contribution in [2.45, 2.75) is 32.9 Å². The van der Waals surface area contributed by atoms with E-state index < -0.39 is 0 Å². The number of hydrogen-bond acceptors (Lipinski definition) is 2. The Morgan fingerprint density at radius 3 is 2.23 bits per heavy atom. The van der Waals surface area contributed by atoms with Crippen molar-refractivity contribution >= 4 is 11.8 Å². The van der Waals surface area contributed by atoms with Gasteiger partial charge in [0.2, 0.25) is 11.8 Å². The standard InChI is InChI=1S/C22H26N2O2/c1-17-15-24(22(17)20-11-7-4-8-12-20)21(26)13-14-23(18(2)25)16-19-9-5-3-6-10-19/h3-12,17,22H,13-16H2,1-2H3/t17-,22+/m1/s1. The molecule has 1 aliphatic rings. The molecule has 0 saturated carbocycles. The van der Waals surface area contributed by atoms with Crippen LogP contribution in [0.5, 0.6) is 0 Å². The predicted octanol–water partition coefficient (Wildman–Crippen LogP) is 3.64. The molecule has 4 heteroatoms. The summed E-state index contributed by atoms with van der Waals surface area (Å²) in [6.07, 6.45) is 0.364. The summed E-state index contributed by atoms with van der Waals surface area (Å²) >= 11 is 0. The molecule has 2 aromatic rings. The van der Waals surface area contributed by atoms with Gasteiger partial charge in [-0.3, -0.25) is 9.59 Å². The fourth-order valence-electron chi connectivity index (χ4n) is 3.63. The molecule has 0 aromatic heterocycles. The maximum Gasteiger partial charge on any atom is 0.224 e. The summed E-state index contributed by atoms with van der Waals surface area (Å²) in [7, 11) is 0. The van der Waals surface area contributed by atoms with Gasteiger partial charge in [-0.2, -0.15) is 0 Å². The SMILES string of the molecule is CC(=O)N(CCC(=O)N1C[C@@H](C)[C@H]1c1ccccc1)Cc1ccccc1. The number of carbonyl (C=O) groups excluding carboxylic acids is 2. The van der Waals surface area contributed by atoms with Gasteiger partial charge in [0, 0.05) is 33.0 Å². The zero-order chi connectivity index (χ0) is 18.5. The smallest absolute Gasteiger partial charge is 0.224 e. The average Bonchev–Trinajstić information content (AvgIpc) is 2.64. The molecule has 2 atom stereocenters. The van der Waals surface area contributed by atoms with Crippen LogP contribution >= 0.6 is 0 Å². The van der Waals surface area contributed by atoms with Crippen molar-refractivity contribution in [1.82, 2.24) is 9.80 Å². The first-order valence-electron chi connectivity index (χ1n) is 9.20. The second kappa shape index (κ2) is 8.17. The third-order valence-corrected chi connectivity index (χ3v) is 5.08. The summed E-state index contributed by atoms with van der Waals surface area (Å²) in [5, 5.41) is 0. The van der Waals surface area contributed by atoms with Crippen LogP contribution in [0.1, 0.15) is 37.4 Å². The molecule has 0 spiro atoms. The normalized spacial score (nSPS) is 18.9. The van der Waals surface area contributed by atoms with E-state index in [-0.39, 0.29) is 17.9 Å². The lowest BCUT2D eigenvalue weighted by Gasteiger charge is -2.47. The number of nitrogens with zero attached hydrogens (tertiary/aromatic N) is 2.